The summed E-state index contributed by atoms with van der Waals surface area (Å²) in [4.78, 5) is 19.3. The molecule has 3 aromatic rings. The summed E-state index contributed by atoms with van der Waals surface area (Å²) in [6, 6.07) is 19.3. The number of nitrogens with one attached hydrogen (secondary N) is 2. The van der Waals surface area contributed by atoms with Gasteiger partial charge in [0.25, 0.3) is 0 Å². The van der Waals surface area contributed by atoms with Crippen molar-refractivity contribution in [2.75, 3.05) is 31.6 Å². The third-order valence-electron chi connectivity index (χ3n) is 6.84. The molecule has 0 bridgehead atoms. The summed E-state index contributed by atoms with van der Waals surface area (Å²) in [5.41, 5.74) is 3.47. The van der Waals surface area contributed by atoms with Crippen LogP contribution in [-0.4, -0.2) is 53.9 Å². The quantitative estimate of drug-likeness (QED) is 0.226. The predicted octanol–water partition coefficient (Wildman–Crippen LogP) is 6.64. The number of piperidine rings is 1. The highest BCUT2D eigenvalue weighted by Crippen LogP contribution is 2.36. The lowest BCUT2D eigenvalue weighted by atomic mass is 9.90. The molecule has 1 aromatic heterocycles. The summed E-state index contributed by atoms with van der Waals surface area (Å²) in [7, 11) is 0. The van der Waals surface area contributed by atoms with Crippen molar-refractivity contribution in [3.05, 3.63) is 78.5 Å². The Balaban J connectivity index is 1.58. The van der Waals surface area contributed by atoms with Gasteiger partial charge in [-0.05, 0) is 64.8 Å². The zero-order valence-electron chi connectivity index (χ0n) is 23.7. The second-order valence-corrected chi connectivity index (χ2v) is 11.1. The van der Waals surface area contributed by atoms with E-state index in [0.29, 0.717) is 24.9 Å². The molecule has 2 heterocycles. The van der Waals surface area contributed by atoms with Crippen LogP contribution in [0.4, 0.5) is 10.5 Å². The van der Waals surface area contributed by atoms with Crippen LogP contribution in [0.25, 0.3) is 10.9 Å². The van der Waals surface area contributed by atoms with E-state index in [-0.39, 0.29) is 6.04 Å². The highest BCUT2D eigenvalue weighted by molar-refractivity contribution is 5.95. The van der Waals surface area contributed by atoms with E-state index in [9.17, 15) is 4.79 Å². The van der Waals surface area contributed by atoms with Gasteiger partial charge < -0.3 is 20.1 Å². The number of alkyl carbamates (subject to hydrolysis) is 1. The maximum atomic E-state index is 12.0. The van der Waals surface area contributed by atoms with Crippen molar-refractivity contribution in [2.45, 2.75) is 64.6 Å². The van der Waals surface area contributed by atoms with Crippen LogP contribution in [0, 0.1) is 6.92 Å². The van der Waals surface area contributed by atoms with Crippen LogP contribution in [0.5, 0.6) is 5.75 Å². The summed E-state index contributed by atoms with van der Waals surface area (Å²) in [5.74, 6) is 0.687. The van der Waals surface area contributed by atoms with Crippen molar-refractivity contribution in [1.82, 2.24) is 15.2 Å². The number of aryl methyl sites for hydroxylation is 1. The first kappa shape index (κ1) is 28.4. The lowest BCUT2D eigenvalue weighted by molar-refractivity contribution is 0.0520. The van der Waals surface area contributed by atoms with Crippen LogP contribution in [-0.2, 0) is 4.74 Å². The molecule has 1 aliphatic rings. The number of carbonyl (C=O) groups excluding carboxylic acids is 1. The number of rotatable bonds is 10. The fourth-order valence-corrected chi connectivity index (χ4v) is 5.23. The Morgan fingerprint density at radius 2 is 1.97 bits per heavy atom. The van der Waals surface area contributed by atoms with Crippen molar-refractivity contribution in [2.24, 2.45) is 0 Å². The monoisotopic (exact) mass is 530 g/mol. The highest BCUT2D eigenvalue weighted by atomic mass is 16.6. The van der Waals surface area contributed by atoms with Crippen LogP contribution in [0.15, 0.2) is 67.3 Å². The molecule has 0 radical (unpaired) electrons. The van der Waals surface area contributed by atoms with Gasteiger partial charge in [-0.3, -0.25) is 4.90 Å². The molecule has 1 saturated heterocycles. The molecule has 0 saturated carbocycles. The van der Waals surface area contributed by atoms with Crippen LogP contribution in [0.2, 0.25) is 0 Å². The summed E-state index contributed by atoms with van der Waals surface area (Å²) in [6.45, 7) is 14.1. The van der Waals surface area contributed by atoms with Crippen molar-refractivity contribution in [1.29, 1.82) is 0 Å². The highest BCUT2D eigenvalue weighted by Gasteiger charge is 2.31. The standard InChI is InChI=1S/C32H42N4O3/c1-6-19-36-20-11-10-16-27(36)29(24-13-8-7-9-14-24)35-26-22-23(2)34-30-25(26)15-12-17-28(30)38-21-18-33-31(37)39-32(3,4)5/h6-9,12-15,17,22,27,29H,1,10-11,16,18-21H2,2-5H3,(H,33,37)(H,34,35)/t27-,29-/m0/s1. The van der Waals surface area contributed by atoms with Gasteiger partial charge in [-0.15, -0.1) is 6.58 Å². The number of pyridine rings is 1. The first-order chi connectivity index (χ1) is 18.7. The van der Waals surface area contributed by atoms with Crippen molar-refractivity contribution in [3.8, 4) is 5.75 Å². The van der Waals surface area contributed by atoms with Gasteiger partial charge in [-0.1, -0.05) is 55.0 Å². The van der Waals surface area contributed by atoms with Gasteiger partial charge in [0.2, 0.25) is 0 Å². The molecule has 0 spiro atoms. The number of ether oxygens (including phenoxy) is 2. The number of likely N-dealkylation sites (tertiary alicyclic amines) is 1. The second kappa shape index (κ2) is 13.0. The van der Waals surface area contributed by atoms with Gasteiger partial charge in [-0.25, -0.2) is 9.78 Å². The van der Waals surface area contributed by atoms with E-state index in [4.69, 9.17) is 14.5 Å². The third kappa shape index (κ3) is 7.73. The fraction of sp³-hybridized carbons (Fsp3) is 0.438. The lowest BCUT2D eigenvalue weighted by Crippen LogP contribution is -2.45. The number of aromatic nitrogens is 1. The van der Waals surface area contributed by atoms with Gasteiger partial charge in [0.05, 0.1) is 12.6 Å². The molecule has 7 heteroatoms. The van der Waals surface area contributed by atoms with Gasteiger partial charge in [0.1, 0.15) is 23.5 Å². The van der Waals surface area contributed by atoms with Crippen molar-refractivity contribution in [3.63, 3.8) is 0 Å². The fourth-order valence-electron chi connectivity index (χ4n) is 5.23. The van der Waals surface area contributed by atoms with E-state index in [0.717, 1.165) is 41.8 Å². The molecule has 7 nitrogen and oxygen atoms in total. The Kier molecular flexibility index (Phi) is 9.46. The van der Waals surface area contributed by atoms with Crippen LogP contribution >= 0.6 is 0 Å². The smallest absolute Gasteiger partial charge is 0.407 e. The average molecular weight is 531 g/mol. The molecule has 2 aromatic carbocycles. The molecule has 1 amide bonds. The largest absolute Gasteiger partial charge is 0.489 e. The van der Waals surface area contributed by atoms with Gasteiger partial charge >= 0.3 is 6.09 Å². The number of anilines is 1. The maximum Gasteiger partial charge on any atom is 0.407 e. The summed E-state index contributed by atoms with van der Waals surface area (Å²) >= 11 is 0. The Morgan fingerprint density at radius 3 is 2.72 bits per heavy atom. The summed E-state index contributed by atoms with van der Waals surface area (Å²) < 4.78 is 11.4. The van der Waals surface area contributed by atoms with Crippen LogP contribution < -0.4 is 15.4 Å². The van der Waals surface area contributed by atoms with E-state index in [2.05, 4.69) is 64.6 Å². The van der Waals surface area contributed by atoms with E-state index in [1.165, 1.54) is 18.4 Å². The first-order valence-electron chi connectivity index (χ1n) is 13.9. The predicted molar refractivity (Wildman–Crippen MR) is 158 cm³/mol. The molecule has 1 fully saturated rings. The van der Waals surface area contributed by atoms with Crippen LogP contribution in [0.1, 0.15) is 57.3 Å². The SMILES string of the molecule is C=CCN1CCCC[C@H]1[C@@H](Nc1cc(C)nc2c(OCCNC(=O)OC(C)(C)C)cccc12)c1ccccc1. The molecule has 1 aliphatic heterocycles. The Bertz CT molecular complexity index is 1260. The number of nitrogens with zero attached hydrogens (tertiary/aromatic N) is 2. The Labute approximate surface area is 232 Å². The van der Waals surface area contributed by atoms with E-state index >= 15 is 0 Å². The molecule has 0 aliphatic carbocycles. The molecular formula is C32H42N4O3. The lowest BCUT2D eigenvalue weighted by Gasteiger charge is -2.41. The zero-order valence-corrected chi connectivity index (χ0v) is 23.7. The van der Waals surface area contributed by atoms with Gasteiger partial charge in [0.15, 0.2) is 0 Å². The number of hydrogen-bond donors (Lipinski definition) is 2. The molecular weight excluding hydrogens is 488 g/mol. The number of amides is 1. The first-order valence-corrected chi connectivity index (χ1v) is 13.9. The maximum absolute atomic E-state index is 12.0. The number of benzene rings is 2. The third-order valence-corrected chi connectivity index (χ3v) is 6.84. The van der Waals surface area contributed by atoms with Gasteiger partial charge in [-0.2, -0.15) is 0 Å². The number of para-hydroxylation sites is 1. The van der Waals surface area contributed by atoms with Crippen LogP contribution in [0.3, 0.4) is 0 Å². The number of carbonyl (C=O) groups is 1. The average Bonchev–Trinajstić information content (AvgIpc) is 2.90. The summed E-state index contributed by atoms with van der Waals surface area (Å²) in [6.07, 6.45) is 5.11. The van der Waals surface area contributed by atoms with Gasteiger partial charge in [0, 0.05) is 29.4 Å². The van der Waals surface area contributed by atoms with E-state index in [1.54, 1.807) is 0 Å². The topological polar surface area (TPSA) is 75.7 Å². The normalized spacial score (nSPS) is 16.9. The minimum Gasteiger partial charge on any atom is -0.489 e. The molecule has 4 rings (SSSR count). The molecule has 39 heavy (non-hydrogen) atoms. The number of hydrogen-bond acceptors (Lipinski definition) is 6. The molecule has 2 atom stereocenters. The molecule has 208 valence electrons. The van der Waals surface area contributed by atoms with Crippen molar-refractivity contribution >= 4 is 22.7 Å². The summed E-state index contributed by atoms with van der Waals surface area (Å²) in [5, 5.41) is 7.67. The zero-order chi connectivity index (χ0) is 27.8. The molecule has 2 N–H and O–H groups in total. The van der Waals surface area contributed by atoms with E-state index in [1.807, 2.05) is 45.9 Å². The molecule has 0 unspecified atom stereocenters. The minimum atomic E-state index is -0.538. The minimum absolute atomic E-state index is 0.110. The second-order valence-electron chi connectivity index (χ2n) is 11.1. The van der Waals surface area contributed by atoms with E-state index < -0.39 is 11.7 Å². The number of fused-ring (bicyclic) bond motifs is 1. The van der Waals surface area contributed by atoms with Crippen molar-refractivity contribution < 1.29 is 14.3 Å². The Hall–Kier alpha value is -3.58. The Morgan fingerprint density at radius 1 is 1.18 bits per heavy atom.